The highest BCUT2D eigenvalue weighted by atomic mass is 16.6. The second kappa shape index (κ2) is 9.75. The Kier molecular flexibility index (Phi) is 7.11. The number of amides is 2. The topological polar surface area (TPSA) is 74.3 Å². The van der Waals surface area contributed by atoms with Crippen molar-refractivity contribution in [1.29, 1.82) is 0 Å². The first-order chi connectivity index (χ1) is 13.5. The standard InChI is InChI=1S/C20H30N4O4/c1-3-27-19(25)15-28-18-6-4-16(5-7-18)21-20(26)24-12-10-23(11-13-24)17-8-9-22(2)14-17/h4-7,17H,3,8-15H2,1-2H3,(H,21,26). The highest BCUT2D eigenvalue weighted by Crippen LogP contribution is 2.18. The fourth-order valence-electron chi connectivity index (χ4n) is 3.68. The van der Waals surface area contributed by atoms with Crippen molar-refractivity contribution in [3.63, 3.8) is 0 Å². The zero-order valence-electron chi connectivity index (χ0n) is 16.7. The van der Waals surface area contributed by atoms with E-state index in [2.05, 4.69) is 22.2 Å². The molecule has 1 atom stereocenters. The lowest BCUT2D eigenvalue weighted by molar-refractivity contribution is -0.145. The van der Waals surface area contributed by atoms with Gasteiger partial charge in [-0.2, -0.15) is 0 Å². The van der Waals surface area contributed by atoms with E-state index in [9.17, 15) is 9.59 Å². The van der Waals surface area contributed by atoms with Gasteiger partial charge in [-0.3, -0.25) is 4.90 Å². The molecule has 2 aliphatic heterocycles. The normalized spacial score (nSPS) is 20.8. The summed E-state index contributed by atoms with van der Waals surface area (Å²) in [6.07, 6.45) is 1.22. The summed E-state index contributed by atoms with van der Waals surface area (Å²) in [5, 5.41) is 2.93. The lowest BCUT2D eigenvalue weighted by Gasteiger charge is -2.37. The number of benzene rings is 1. The van der Waals surface area contributed by atoms with Crippen LogP contribution in [0.3, 0.4) is 0 Å². The van der Waals surface area contributed by atoms with Crippen molar-refractivity contribution in [1.82, 2.24) is 14.7 Å². The smallest absolute Gasteiger partial charge is 0.344 e. The molecule has 1 N–H and O–H groups in total. The molecule has 2 heterocycles. The Labute approximate surface area is 166 Å². The third-order valence-corrected chi connectivity index (χ3v) is 5.25. The minimum absolute atomic E-state index is 0.0802. The molecule has 8 nitrogen and oxygen atoms in total. The third-order valence-electron chi connectivity index (χ3n) is 5.25. The maximum absolute atomic E-state index is 12.5. The van der Waals surface area contributed by atoms with Crippen molar-refractivity contribution < 1.29 is 19.1 Å². The van der Waals surface area contributed by atoms with E-state index in [1.54, 1.807) is 31.2 Å². The van der Waals surface area contributed by atoms with Gasteiger partial charge < -0.3 is 24.6 Å². The Morgan fingerprint density at radius 2 is 1.82 bits per heavy atom. The van der Waals surface area contributed by atoms with E-state index in [0.717, 1.165) is 39.3 Å². The third kappa shape index (κ3) is 5.59. The molecular weight excluding hydrogens is 360 g/mol. The molecule has 154 valence electrons. The molecule has 1 aromatic rings. The summed E-state index contributed by atoms with van der Waals surface area (Å²) >= 11 is 0. The van der Waals surface area contributed by atoms with Crippen LogP contribution >= 0.6 is 0 Å². The summed E-state index contributed by atoms with van der Waals surface area (Å²) in [5.41, 5.74) is 0.702. The minimum Gasteiger partial charge on any atom is -0.482 e. The predicted octanol–water partition coefficient (Wildman–Crippen LogP) is 1.48. The lowest BCUT2D eigenvalue weighted by atomic mass is 10.2. The molecular formula is C20H30N4O4. The van der Waals surface area contributed by atoms with Gasteiger partial charge in [-0.1, -0.05) is 0 Å². The molecule has 2 saturated heterocycles. The minimum atomic E-state index is -0.400. The van der Waals surface area contributed by atoms with E-state index in [4.69, 9.17) is 9.47 Å². The summed E-state index contributed by atoms with van der Waals surface area (Å²) in [6.45, 7) is 7.57. The van der Waals surface area contributed by atoms with Crippen molar-refractivity contribution in [2.24, 2.45) is 0 Å². The average Bonchev–Trinajstić information content (AvgIpc) is 3.14. The van der Waals surface area contributed by atoms with Gasteiger partial charge in [-0.25, -0.2) is 9.59 Å². The van der Waals surface area contributed by atoms with Gasteiger partial charge in [-0.05, 0) is 51.2 Å². The second-order valence-electron chi connectivity index (χ2n) is 7.28. The number of urea groups is 1. The highest BCUT2D eigenvalue weighted by Gasteiger charge is 2.29. The largest absolute Gasteiger partial charge is 0.482 e. The Hall–Kier alpha value is -2.32. The molecule has 2 fully saturated rings. The van der Waals surface area contributed by atoms with Crippen LogP contribution in [0.5, 0.6) is 5.75 Å². The van der Waals surface area contributed by atoms with Gasteiger partial charge in [0.1, 0.15) is 5.75 Å². The van der Waals surface area contributed by atoms with Crippen LogP contribution in [0.15, 0.2) is 24.3 Å². The first-order valence-corrected chi connectivity index (χ1v) is 9.92. The Morgan fingerprint density at radius 3 is 2.43 bits per heavy atom. The SMILES string of the molecule is CCOC(=O)COc1ccc(NC(=O)N2CCN(C3CCN(C)C3)CC2)cc1. The molecule has 0 spiro atoms. The van der Waals surface area contributed by atoms with Gasteiger partial charge in [0.2, 0.25) is 0 Å². The van der Waals surface area contributed by atoms with Crippen molar-refractivity contribution in [2.75, 3.05) is 64.8 Å². The first kappa shape index (κ1) is 20.4. The number of nitrogens with one attached hydrogen (secondary N) is 1. The van der Waals surface area contributed by atoms with E-state index in [-0.39, 0.29) is 12.6 Å². The number of hydrogen-bond donors (Lipinski definition) is 1. The lowest BCUT2D eigenvalue weighted by Crippen LogP contribution is -2.53. The van der Waals surface area contributed by atoms with Crippen LogP contribution in [-0.2, 0) is 9.53 Å². The van der Waals surface area contributed by atoms with Crippen LogP contribution in [0, 0.1) is 0 Å². The van der Waals surface area contributed by atoms with Gasteiger partial charge in [0.05, 0.1) is 6.61 Å². The molecule has 1 unspecified atom stereocenters. The number of carbonyl (C=O) groups is 2. The molecule has 3 rings (SSSR count). The van der Waals surface area contributed by atoms with Crippen molar-refractivity contribution in [2.45, 2.75) is 19.4 Å². The Bertz CT molecular complexity index is 659. The number of rotatable bonds is 6. The van der Waals surface area contributed by atoms with Gasteiger partial charge in [0.25, 0.3) is 0 Å². The number of carbonyl (C=O) groups excluding carboxylic acids is 2. The molecule has 0 radical (unpaired) electrons. The van der Waals surface area contributed by atoms with E-state index in [1.165, 1.54) is 6.42 Å². The van der Waals surface area contributed by atoms with Crippen LogP contribution in [-0.4, -0.2) is 92.3 Å². The monoisotopic (exact) mass is 390 g/mol. The van der Waals surface area contributed by atoms with Gasteiger partial charge >= 0.3 is 12.0 Å². The molecule has 0 saturated carbocycles. The van der Waals surface area contributed by atoms with Crippen LogP contribution < -0.4 is 10.1 Å². The molecule has 2 aliphatic rings. The second-order valence-corrected chi connectivity index (χ2v) is 7.28. The summed E-state index contributed by atoms with van der Waals surface area (Å²) in [6, 6.07) is 7.53. The van der Waals surface area contributed by atoms with E-state index in [1.807, 2.05) is 4.90 Å². The number of piperazine rings is 1. The summed E-state index contributed by atoms with van der Waals surface area (Å²) in [4.78, 5) is 30.6. The van der Waals surface area contributed by atoms with Gasteiger partial charge in [-0.15, -0.1) is 0 Å². The maximum Gasteiger partial charge on any atom is 0.344 e. The first-order valence-electron chi connectivity index (χ1n) is 9.92. The number of likely N-dealkylation sites (tertiary alicyclic amines) is 1. The number of esters is 1. The molecule has 28 heavy (non-hydrogen) atoms. The fourth-order valence-corrected chi connectivity index (χ4v) is 3.68. The average molecular weight is 390 g/mol. The van der Waals surface area contributed by atoms with E-state index < -0.39 is 5.97 Å². The van der Waals surface area contributed by atoms with Gasteiger partial charge in [0.15, 0.2) is 6.61 Å². The molecule has 0 aliphatic carbocycles. The van der Waals surface area contributed by atoms with Gasteiger partial charge in [0, 0.05) is 44.5 Å². The summed E-state index contributed by atoms with van der Waals surface area (Å²) in [7, 11) is 2.16. The zero-order chi connectivity index (χ0) is 19.9. The van der Waals surface area contributed by atoms with E-state index >= 15 is 0 Å². The van der Waals surface area contributed by atoms with Crippen molar-refractivity contribution in [3.05, 3.63) is 24.3 Å². The number of nitrogens with zero attached hydrogens (tertiary/aromatic N) is 3. The van der Waals surface area contributed by atoms with Crippen LogP contribution in [0.1, 0.15) is 13.3 Å². The molecule has 0 aromatic heterocycles. The van der Waals surface area contributed by atoms with E-state index in [0.29, 0.717) is 24.1 Å². The van der Waals surface area contributed by atoms with Crippen LogP contribution in [0.25, 0.3) is 0 Å². The zero-order valence-corrected chi connectivity index (χ0v) is 16.7. The number of ether oxygens (including phenoxy) is 2. The van der Waals surface area contributed by atoms with Crippen molar-refractivity contribution >= 4 is 17.7 Å². The van der Waals surface area contributed by atoms with Crippen LogP contribution in [0.4, 0.5) is 10.5 Å². The molecule has 0 bridgehead atoms. The predicted molar refractivity (Wildman–Crippen MR) is 107 cm³/mol. The maximum atomic E-state index is 12.5. The molecule has 8 heteroatoms. The molecule has 2 amide bonds. The fraction of sp³-hybridized carbons (Fsp3) is 0.600. The quantitative estimate of drug-likeness (QED) is 0.742. The number of anilines is 1. The Balaban J connectivity index is 1.41. The number of likely N-dealkylation sites (N-methyl/N-ethyl adjacent to an activating group) is 1. The summed E-state index contributed by atoms with van der Waals surface area (Å²) < 4.78 is 10.2. The highest BCUT2D eigenvalue weighted by molar-refractivity contribution is 5.89. The number of hydrogen-bond acceptors (Lipinski definition) is 6. The van der Waals surface area contributed by atoms with Crippen molar-refractivity contribution in [3.8, 4) is 5.75 Å². The Morgan fingerprint density at radius 1 is 1.11 bits per heavy atom. The molecule has 1 aromatic carbocycles. The summed E-state index contributed by atoms with van der Waals surface area (Å²) in [5.74, 6) is 0.157. The van der Waals surface area contributed by atoms with Crippen LogP contribution in [0.2, 0.25) is 0 Å².